The molecule has 0 radical (unpaired) electrons. The van der Waals surface area contributed by atoms with Crippen molar-refractivity contribution in [2.24, 2.45) is 0 Å². The van der Waals surface area contributed by atoms with Gasteiger partial charge in [-0.25, -0.2) is 9.37 Å². The first kappa shape index (κ1) is 15.2. The van der Waals surface area contributed by atoms with Crippen molar-refractivity contribution < 1.29 is 9.13 Å². The summed E-state index contributed by atoms with van der Waals surface area (Å²) in [5, 5.41) is 10.1. The highest BCUT2D eigenvalue weighted by Gasteiger charge is 2.17. The van der Waals surface area contributed by atoms with E-state index in [0.717, 1.165) is 5.56 Å². The second-order valence-corrected chi connectivity index (χ2v) is 5.03. The van der Waals surface area contributed by atoms with Gasteiger partial charge in [0.1, 0.15) is 12.2 Å². The van der Waals surface area contributed by atoms with Crippen molar-refractivity contribution in [3.63, 3.8) is 0 Å². The van der Waals surface area contributed by atoms with Gasteiger partial charge in [-0.1, -0.05) is 42.5 Å². The van der Waals surface area contributed by atoms with Gasteiger partial charge in [0.25, 0.3) is 0 Å². The molecule has 23 heavy (non-hydrogen) atoms. The Bertz CT molecular complexity index is 747. The Labute approximate surface area is 133 Å². The van der Waals surface area contributed by atoms with E-state index in [0.29, 0.717) is 17.9 Å². The molecular formula is C17H17FN4O. The van der Waals surface area contributed by atoms with Crippen LogP contribution < -0.4 is 10.1 Å². The van der Waals surface area contributed by atoms with Crippen molar-refractivity contribution in [2.45, 2.75) is 12.6 Å². The molecule has 2 aromatic carbocycles. The quantitative estimate of drug-likeness (QED) is 0.735. The lowest BCUT2D eigenvalue weighted by atomic mass is 10.1. The molecule has 3 rings (SSSR count). The third kappa shape index (κ3) is 3.37. The van der Waals surface area contributed by atoms with E-state index in [2.05, 4.69) is 20.5 Å². The van der Waals surface area contributed by atoms with Crippen LogP contribution in [0.1, 0.15) is 23.0 Å². The van der Waals surface area contributed by atoms with Crippen LogP contribution in [-0.4, -0.2) is 22.3 Å². The van der Waals surface area contributed by atoms with Gasteiger partial charge < -0.3 is 4.74 Å². The third-order valence-corrected chi connectivity index (χ3v) is 3.60. The molecule has 1 aromatic heterocycles. The van der Waals surface area contributed by atoms with Crippen molar-refractivity contribution in [2.75, 3.05) is 7.11 Å². The summed E-state index contributed by atoms with van der Waals surface area (Å²) in [5.74, 6) is 0.562. The number of methoxy groups -OCH3 is 1. The number of ether oxygens (including phenoxy) is 1. The van der Waals surface area contributed by atoms with Crippen molar-refractivity contribution in [1.82, 2.24) is 20.5 Å². The van der Waals surface area contributed by atoms with Crippen LogP contribution in [0.2, 0.25) is 0 Å². The third-order valence-electron chi connectivity index (χ3n) is 3.60. The smallest absolute Gasteiger partial charge is 0.169 e. The Kier molecular flexibility index (Phi) is 4.63. The molecule has 2 N–H and O–H groups in total. The zero-order chi connectivity index (χ0) is 16.1. The number of hydrogen-bond donors (Lipinski definition) is 2. The Morgan fingerprint density at radius 3 is 2.70 bits per heavy atom. The number of rotatable bonds is 6. The zero-order valence-electron chi connectivity index (χ0n) is 12.7. The maximum Gasteiger partial charge on any atom is 0.169 e. The topological polar surface area (TPSA) is 62.8 Å². The van der Waals surface area contributed by atoms with Gasteiger partial charge in [-0.2, -0.15) is 5.10 Å². The fourth-order valence-electron chi connectivity index (χ4n) is 2.43. The summed E-state index contributed by atoms with van der Waals surface area (Å²) >= 11 is 0. The summed E-state index contributed by atoms with van der Waals surface area (Å²) in [5.41, 5.74) is 1.55. The summed E-state index contributed by atoms with van der Waals surface area (Å²) in [7, 11) is 1.46. The van der Waals surface area contributed by atoms with E-state index in [1.54, 1.807) is 18.2 Å². The molecule has 0 bridgehead atoms. The van der Waals surface area contributed by atoms with Crippen molar-refractivity contribution >= 4 is 0 Å². The van der Waals surface area contributed by atoms with Crippen molar-refractivity contribution in [3.8, 4) is 5.75 Å². The van der Waals surface area contributed by atoms with Gasteiger partial charge in [-0.05, 0) is 11.6 Å². The molecule has 1 atom stereocenters. The zero-order valence-corrected chi connectivity index (χ0v) is 12.7. The summed E-state index contributed by atoms with van der Waals surface area (Å²) in [6.45, 7) is 0.337. The predicted molar refractivity (Wildman–Crippen MR) is 84.5 cm³/mol. The minimum atomic E-state index is -0.355. The molecule has 0 saturated heterocycles. The van der Waals surface area contributed by atoms with E-state index >= 15 is 0 Å². The minimum absolute atomic E-state index is 0.204. The van der Waals surface area contributed by atoms with Crippen LogP contribution in [0.5, 0.6) is 5.75 Å². The number of nitrogens with zero attached hydrogens (tertiary/aromatic N) is 2. The van der Waals surface area contributed by atoms with Crippen molar-refractivity contribution in [1.29, 1.82) is 0 Å². The van der Waals surface area contributed by atoms with Crippen molar-refractivity contribution in [3.05, 3.63) is 77.6 Å². The molecule has 1 unspecified atom stereocenters. The summed E-state index contributed by atoms with van der Waals surface area (Å²) in [6.07, 6.45) is 1.46. The fraction of sp³-hybridized carbons (Fsp3) is 0.176. The number of aromatic nitrogens is 3. The molecule has 0 amide bonds. The van der Waals surface area contributed by atoms with Gasteiger partial charge in [-0.3, -0.25) is 10.4 Å². The van der Waals surface area contributed by atoms with Gasteiger partial charge in [0.15, 0.2) is 11.6 Å². The average Bonchev–Trinajstić information content (AvgIpc) is 3.12. The van der Waals surface area contributed by atoms with Crippen LogP contribution in [-0.2, 0) is 6.54 Å². The molecule has 0 aliphatic carbocycles. The lowest BCUT2D eigenvalue weighted by Gasteiger charge is -2.17. The molecule has 3 aromatic rings. The van der Waals surface area contributed by atoms with E-state index in [-0.39, 0.29) is 17.6 Å². The number of nitrogens with one attached hydrogen (secondary N) is 2. The van der Waals surface area contributed by atoms with Gasteiger partial charge in [0.05, 0.1) is 13.2 Å². The second kappa shape index (κ2) is 7.02. The molecule has 118 valence electrons. The van der Waals surface area contributed by atoms with E-state index < -0.39 is 0 Å². The minimum Gasteiger partial charge on any atom is -0.494 e. The Morgan fingerprint density at radius 1 is 1.17 bits per heavy atom. The van der Waals surface area contributed by atoms with E-state index in [9.17, 15) is 4.39 Å². The maximum absolute atomic E-state index is 14.3. The number of benzene rings is 2. The normalized spacial score (nSPS) is 12.1. The number of H-pyrrole nitrogens is 1. The molecule has 6 heteroatoms. The highest BCUT2D eigenvalue weighted by atomic mass is 19.1. The lowest BCUT2D eigenvalue weighted by Crippen LogP contribution is -2.23. The highest BCUT2D eigenvalue weighted by Crippen LogP contribution is 2.22. The maximum atomic E-state index is 14.3. The first-order valence-corrected chi connectivity index (χ1v) is 7.24. The Hall–Kier alpha value is -2.73. The highest BCUT2D eigenvalue weighted by molar-refractivity contribution is 5.31. The standard InChI is InChI=1S/C17H17FN4O/c1-23-14-9-5-8-13(15(14)18)10-19-16(17-20-11-21-22-17)12-6-3-2-4-7-12/h2-9,11,16,19H,10H2,1H3,(H,20,21,22). The molecular weight excluding hydrogens is 295 g/mol. The largest absolute Gasteiger partial charge is 0.494 e. The fourth-order valence-corrected chi connectivity index (χ4v) is 2.43. The number of hydrogen-bond acceptors (Lipinski definition) is 4. The molecule has 5 nitrogen and oxygen atoms in total. The predicted octanol–water partition coefficient (Wildman–Crippen LogP) is 2.83. The number of halogens is 1. The molecule has 0 aliphatic rings. The van der Waals surface area contributed by atoms with E-state index in [1.807, 2.05) is 30.3 Å². The molecule has 0 spiro atoms. The first-order valence-electron chi connectivity index (χ1n) is 7.24. The SMILES string of the molecule is COc1cccc(CNC(c2ccccc2)c2ncn[nH]2)c1F. The van der Waals surface area contributed by atoms with Gasteiger partial charge in [-0.15, -0.1) is 0 Å². The Balaban J connectivity index is 1.83. The summed E-state index contributed by atoms with van der Waals surface area (Å²) < 4.78 is 19.3. The molecule has 0 aliphatic heterocycles. The van der Waals surface area contributed by atoms with Crippen LogP contribution in [0.3, 0.4) is 0 Å². The Morgan fingerprint density at radius 2 is 2.00 bits per heavy atom. The van der Waals surface area contributed by atoms with Crippen LogP contribution in [0.25, 0.3) is 0 Å². The van der Waals surface area contributed by atoms with Crippen LogP contribution in [0.4, 0.5) is 4.39 Å². The van der Waals surface area contributed by atoms with Gasteiger partial charge in [0, 0.05) is 12.1 Å². The number of aromatic amines is 1. The summed E-state index contributed by atoms with van der Waals surface area (Å²) in [6, 6.07) is 14.7. The molecule has 0 fully saturated rings. The van der Waals surface area contributed by atoms with Crippen LogP contribution in [0, 0.1) is 5.82 Å². The monoisotopic (exact) mass is 312 g/mol. The second-order valence-electron chi connectivity index (χ2n) is 5.03. The van der Waals surface area contributed by atoms with E-state index in [1.165, 1.54) is 13.4 Å². The lowest BCUT2D eigenvalue weighted by molar-refractivity contribution is 0.382. The van der Waals surface area contributed by atoms with Gasteiger partial charge in [0.2, 0.25) is 0 Å². The van der Waals surface area contributed by atoms with Crippen LogP contribution in [0.15, 0.2) is 54.9 Å². The van der Waals surface area contributed by atoms with Gasteiger partial charge >= 0.3 is 0 Å². The van der Waals surface area contributed by atoms with Crippen LogP contribution >= 0.6 is 0 Å². The molecule has 0 saturated carbocycles. The summed E-state index contributed by atoms with van der Waals surface area (Å²) in [4.78, 5) is 4.21. The average molecular weight is 312 g/mol. The van der Waals surface area contributed by atoms with E-state index in [4.69, 9.17) is 4.74 Å². The molecule has 1 heterocycles. The first-order chi connectivity index (χ1) is 11.3.